The molecule has 5 heteroatoms. The van der Waals surface area contributed by atoms with Crippen molar-refractivity contribution in [2.75, 3.05) is 6.54 Å². The number of carbonyl (C=O) groups excluding carboxylic acids is 1. The third-order valence-electron chi connectivity index (χ3n) is 4.99. The number of carbonyl (C=O) groups is 2. The highest BCUT2D eigenvalue weighted by Gasteiger charge is 2.25. The predicted molar refractivity (Wildman–Crippen MR) is 105 cm³/mol. The van der Waals surface area contributed by atoms with Crippen LogP contribution in [0.4, 0.5) is 0 Å². The molecule has 27 heavy (non-hydrogen) atoms. The average molecular weight is 373 g/mol. The second-order valence-electron chi connectivity index (χ2n) is 7.25. The molecular weight excluding hydrogens is 342 g/mol. The fraction of sp³-hybridized carbons (Fsp3) is 0.545. The Kier molecular flexibility index (Phi) is 9.05. The van der Waals surface area contributed by atoms with Gasteiger partial charge in [0.25, 0.3) is 0 Å². The van der Waals surface area contributed by atoms with Crippen molar-refractivity contribution in [3.8, 4) is 0 Å². The van der Waals surface area contributed by atoms with E-state index in [1.807, 2.05) is 47.4 Å². The van der Waals surface area contributed by atoms with Crippen molar-refractivity contribution in [3.63, 3.8) is 0 Å². The molecule has 2 atom stereocenters. The van der Waals surface area contributed by atoms with Gasteiger partial charge >= 0.3 is 5.97 Å². The molecule has 1 aliphatic rings. The van der Waals surface area contributed by atoms with Crippen LogP contribution in [0.25, 0.3) is 0 Å². The Morgan fingerprint density at radius 2 is 1.93 bits per heavy atom. The summed E-state index contributed by atoms with van der Waals surface area (Å²) < 4.78 is 0. The molecule has 0 saturated carbocycles. The Hall–Kier alpha value is -2.14. The second kappa shape index (κ2) is 11.5. The maximum atomic E-state index is 12.3. The van der Waals surface area contributed by atoms with Crippen molar-refractivity contribution in [2.45, 2.75) is 69.9 Å². The first kappa shape index (κ1) is 21.2. The molecule has 0 aliphatic carbocycles. The molecule has 148 valence electrons. The fourth-order valence-electron chi connectivity index (χ4n) is 3.53. The number of rotatable bonds is 11. The van der Waals surface area contributed by atoms with Crippen molar-refractivity contribution in [1.29, 1.82) is 0 Å². The van der Waals surface area contributed by atoms with E-state index in [1.165, 1.54) is 0 Å². The van der Waals surface area contributed by atoms with Crippen LogP contribution in [0.2, 0.25) is 0 Å². The first-order valence-corrected chi connectivity index (χ1v) is 9.98. The zero-order chi connectivity index (χ0) is 19.5. The summed E-state index contributed by atoms with van der Waals surface area (Å²) in [6.07, 6.45) is 9.84. The van der Waals surface area contributed by atoms with E-state index in [2.05, 4.69) is 0 Å². The molecule has 1 amide bonds. The van der Waals surface area contributed by atoms with E-state index in [0.29, 0.717) is 25.8 Å². The Morgan fingerprint density at radius 1 is 1.19 bits per heavy atom. The number of piperidine rings is 1. The van der Waals surface area contributed by atoms with Gasteiger partial charge in [0, 0.05) is 25.8 Å². The molecule has 1 aromatic carbocycles. The van der Waals surface area contributed by atoms with Crippen LogP contribution >= 0.6 is 0 Å². The number of aliphatic hydroxyl groups is 1. The van der Waals surface area contributed by atoms with Gasteiger partial charge in [-0.2, -0.15) is 0 Å². The fourth-order valence-corrected chi connectivity index (χ4v) is 3.53. The van der Waals surface area contributed by atoms with Gasteiger partial charge in [-0.25, -0.2) is 0 Å². The standard InChI is InChI=1S/C22H31NO4/c24-20(17-18-9-4-3-5-10-18)15-14-19-11-8-12-21(25)23(19)16-7-2-1-6-13-22(26)27/h3-5,9-10,14-15,19-20,24H,1-2,6-8,11-13,16-17H2,(H,26,27)/t19?,20-/m0/s1. The summed E-state index contributed by atoms with van der Waals surface area (Å²) in [5, 5.41) is 18.9. The summed E-state index contributed by atoms with van der Waals surface area (Å²) in [5.74, 6) is -0.570. The lowest BCUT2D eigenvalue weighted by atomic mass is 9.99. The summed E-state index contributed by atoms with van der Waals surface area (Å²) in [4.78, 5) is 24.8. The topological polar surface area (TPSA) is 77.8 Å². The Morgan fingerprint density at radius 3 is 2.67 bits per heavy atom. The number of likely N-dealkylation sites (tertiary alicyclic amines) is 1. The molecule has 1 unspecified atom stereocenters. The molecule has 0 radical (unpaired) electrons. The summed E-state index contributed by atoms with van der Waals surface area (Å²) >= 11 is 0. The molecule has 1 aliphatic heterocycles. The van der Waals surface area contributed by atoms with Crippen LogP contribution in [0.1, 0.15) is 56.9 Å². The summed E-state index contributed by atoms with van der Waals surface area (Å²) in [5.41, 5.74) is 1.09. The number of aliphatic hydroxyl groups excluding tert-OH is 1. The van der Waals surface area contributed by atoms with Gasteiger partial charge in [-0.3, -0.25) is 9.59 Å². The van der Waals surface area contributed by atoms with Crippen molar-refractivity contribution in [3.05, 3.63) is 48.0 Å². The molecule has 0 aromatic heterocycles. The highest BCUT2D eigenvalue weighted by molar-refractivity contribution is 5.77. The van der Waals surface area contributed by atoms with E-state index in [-0.39, 0.29) is 18.4 Å². The molecule has 1 heterocycles. The Labute approximate surface area is 161 Å². The summed E-state index contributed by atoms with van der Waals surface area (Å²) in [6.45, 7) is 0.704. The van der Waals surface area contributed by atoms with Gasteiger partial charge in [-0.05, 0) is 31.2 Å². The maximum Gasteiger partial charge on any atom is 0.303 e. The minimum atomic E-state index is -0.750. The number of hydrogen-bond donors (Lipinski definition) is 2. The van der Waals surface area contributed by atoms with Crippen LogP contribution < -0.4 is 0 Å². The minimum absolute atomic E-state index is 0.0516. The van der Waals surface area contributed by atoms with E-state index in [9.17, 15) is 14.7 Å². The molecule has 1 fully saturated rings. The SMILES string of the molecule is O=C(O)CCCCCCN1C(=O)CCCC1C=C[C@H](O)Cc1ccccc1. The van der Waals surface area contributed by atoms with Crippen LogP contribution in [-0.4, -0.2) is 45.7 Å². The summed E-state index contributed by atoms with van der Waals surface area (Å²) in [6, 6.07) is 9.93. The monoisotopic (exact) mass is 373 g/mol. The number of carboxylic acids is 1. The van der Waals surface area contributed by atoms with Gasteiger partial charge in [0.2, 0.25) is 5.91 Å². The molecule has 5 nitrogen and oxygen atoms in total. The smallest absolute Gasteiger partial charge is 0.303 e. The maximum absolute atomic E-state index is 12.3. The van der Waals surface area contributed by atoms with E-state index in [1.54, 1.807) is 0 Å². The van der Waals surface area contributed by atoms with Crippen LogP contribution in [0.5, 0.6) is 0 Å². The van der Waals surface area contributed by atoms with Gasteiger partial charge in [0.1, 0.15) is 0 Å². The molecule has 0 spiro atoms. The van der Waals surface area contributed by atoms with Crippen molar-refractivity contribution >= 4 is 11.9 Å². The minimum Gasteiger partial charge on any atom is -0.481 e. The van der Waals surface area contributed by atoms with E-state index < -0.39 is 12.1 Å². The number of benzene rings is 1. The molecule has 0 bridgehead atoms. The van der Waals surface area contributed by atoms with Gasteiger partial charge < -0.3 is 15.1 Å². The third kappa shape index (κ3) is 7.95. The largest absolute Gasteiger partial charge is 0.481 e. The van der Waals surface area contributed by atoms with Gasteiger partial charge in [-0.15, -0.1) is 0 Å². The number of hydrogen-bond acceptors (Lipinski definition) is 3. The highest BCUT2D eigenvalue weighted by atomic mass is 16.4. The molecule has 2 N–H and O–H groups in total. The molecule has 1 saturated heterocycles. The lowest BCUT2D eigenvalue weighted by Gasteiger charge is -2.34. The number of aliphatic carboxylic acids is 1. The Balaban J connectivity index is 1.79. The number of amides is 1. The molecule has 1 aromatic rings. The third-order valence-corrected chi connectivity index (χ3v) is 4.99. The number of unbranched alkanes of at least 4 members (excludes halogenated alkanes) is 3. The van der Waals surface area contributed by atoms with Gasteiger partial charge in [-0.1, -0.05) is 55.3 Å². The van der Waals surface area contributed by atoms with E-state index in [4.69, 9.17) is 5.11 Å². The predicted octanol–water partition coefficient (Wildman–Crippen LogP) is 3.56. The van der Waals surface area contributed by atoms with Crippen LogP contribution in [0.3, 0.4) is 0 Å². The van der Waals surface area contributed by atoms with E-state index in [0.717, 1.165) is 37.7 Å². The van der Waals surface area contributed by atoms with Crippen LogP contribution in [0, 0.1) is 0 Å². The zero-order valence-electron chi connectivity index (χ0n) is 15.9. The average Bonchev–Trinajstić information content (AvgIpc) is 2.65. The van der Waals surface area contributed by atoms with Crippen LogP contribution in [0.15, 0.2) is 42.5 Å². The second-order valence-corrected chi connectivity index (χ2v) is 7.25. The highest BCUT2D eigenvalue weighted by Crippen LogP contribution is 2.21. The van der Waals surface area contributed by atoms with Crippen molar-refractivity contribution in [1.82, 2.24) is 4.90 Å². The Bertz CT molecular complexity index is 614. The first-order valence-electron chi connectivity index (χ1n) is 9.98. The summed E-state index contributed by atoms with van der Waals surface area (Å²) in [7, 11) is 0. The lowest BCUT2D eigenvalue weighted by molar-refractivity contribution is -0.137. The first-order chi connectivity index (χ1) is 13.1. The zero-order valence-corrected chi connectivity index (χ0v) is 15.9. The lowest BCUT2D eigenvalue weighted by Crippen LogP contribution is -2.43. The van der Waals surface area contributed by atoms with Crippen molar-refractivity contribution in [2.24, 2.45) is 0 Å². The van der Waals surface area contributed by atoms with Gasteiger partial charge in [0.15, 0.2) is 0 Å². The quantitative estimate of drug-likeness (QED) is 0.459. The molecular formula is C22H31NO4. The van der Waals surface area contributed by atoms with E-state index >= 15 is 0 Å². The number of carboxylic acid groups (broad SMARTS) is 1. The normalized spacial score (nSPS) is 18.8. The number of nitrogens with zero attached hydrogens (tertiary/aromatic N) is 1. The molecule has 2 rings (SSSR count). The van der Waals surface area contributed by atoms with Crippen LogP contribution in [-0.2, 0) is 16.0 Å². The van der Waals surface area contributed by atoms with Gasteiger partial charge in [0.05, 0.1) is 12.1 Å². The van der Waals surface area contributed by atoms with Crippen molar-refractivity contribution < 1.29 is 19.8 Å².